The van der Waals surface area contributed by atoms with Gasteiger partial charge in [0.05, 0.1) is 11.4 Å². The van der Waals surface area contributed by atoms with Gasteiger partial charge in [-0.25, -0.2) is 0 Å². The van der Waals surface area contributed by atoms with Crippen molar-refractivity contribution in [1.82, 2.24) is 9.97 Å². The van der Waals surface area contributed by atoms with Gasteiger partial charge in [-0.1, -0.05) is 0 Å². The molecule has 1 aromatic heterocycles. The quantitative estimate of drug-likeness (QED) is 0.534. The Balaban J connectivity index is 2.41. The lowest BCUT2D eigenvalue weighted by Gasteiger charge is -2.10. The first-order valence-electron chi connectivity index (χ1n) is 3.60. The van der Waals surface area contributed by atoms with Gasteiger partial charge in [-0.15, -0.1) is 0 Å². The van der Waals surface area contributed by atoms with Gasteiger partial charge in [-0.05, 0) is 19.3 Å². The first-order chi connectivity index (χ1) is 4.97. The number of rotatable bonds is 0. The molecular formula is C8H9N2. The highest BCUT2D eigenvalue weighted by molar-refractivity contribution is 5.21. The number of aromatic nitrogens is 2. The van der Waals surface area contributed by atoms with Crippen LogP contribution < -0.4 is 0 Å². The van der Waals surface area contributed by atoms with Gasteiger partial charge < -0.3 is 0 Å². The van der Waals surface area contributed by atoms with Crippen LogP contribution in [0, 0.1) is 6.42 Å². The van der Waals surface area contributed by atoms with Crippen molar-refractivity contribution in [3.8, 4) is 0 Å². The minimum absolute atomic E-state index is 1.09. The van der Waals surface area contributed by atoms with Crippen LogP contribution in [0.15, 0.2) is 12.4 Å². The highest BCUT2D eigenvalue weighted by atomic mass is 14.8. The van der Waals surface area contributed by atoms with Crippen molar-refractivity contribution < 1.29 is 0 Å². The molecule has 0 saturated carbocycles. The van der Waals surface area contributed by atoms with Crippen molar-refractivity contribution in [2.45, 2.75) is 19.3 Å². The van der Waals surface area contributed by atoms with Crippen LogP contribution >= 0.6 is 0 Å². The molecule has 2 nitrogen and oxygen atoms in total. The molecule has 0 unspecified atom stereocenters. The predicted octanol–water partition coefficient (Wildman–Crippen LogP) is 1.37. The van der Waals surface area contributed by atoms with E-state index in [1.807, 2.05) is 0 Å². The van der Waals surface area contributed by atoms with Crippen molar-refractivity contribution in [3.63, 3.8) is 0 Å². The van der Waals surface area contributed by atoms with E-state index in [-0.39, 0.29) is 0 Å². The molecule has 0 spiro atoms. The third kappa shape index (κ3) is 0.897. The maximum absolute atomic E-state index is 4.23. The standard InChI is InChI=1S/C8H9N2/c1-2-4-8-7(3-1)9-5-6-10-8/h3,5-6H,1-2,4H2. The van der Waals surface area contributed by atoms with Gasteiger partial charge in [0.15, 0.2) is 0 Å². The molecule has 1 radical (unpaired) electrons. The third-order valence-electron chi connectivity index (χ3n) is 1.76. The first kappa shape index (κ1) is 5.83. The van der Waals surface area contributed by atoms with Crippen molar-refractivity contribution in [3.05, 3.63) is 30.2 Å². The largest absolute Gasteiger partial charge is 0.258 e. The Labute approximate surface area is 60.3 Å². The van der Waals surface area contributed by atoms with Gasteiger partial charge in [-0.2, -0.15) is 0 Å². The lowest BCUT2D eigenvalue weighted by molar-refractivity contribution is 0.733. The summed E-state index contributed by atoms with van der Waals surface area (Å²) in [5, 5.41) is 0. The predicted molar refractivity (Wildman–Crippen MR) is 38.4 cm³/mol. The molecule has 0 fully saturated rings. The Morgan fingerprint density at radius 2 is 2.10 bits per heavy atom. The summed E-state index contributed by atoms with van der Waals surface area (Å²) in [6.07, 6.45) is 9.15. The second kappa shape index (κ2) is 2.37. The number of aryl methyl sites for hydroxylation is 1. The summed E-state index contributed by atoms with van der Waals surface area (Å²) in [4.78, 5) is 8.43. The molecular weight excluding hydrogens is 124 g/mol. The van der Waals surface area contributed by atoms with E-state index >= 15 is 0 Å². The number of hydrogen-bond donors (Lipinski definition) is 0. The molecule has 0 aliphatic heterocycles. The van der Waals surface area contributed by atoms with E-state index in [0.717, 1.165) is 24.2 Å². The zero-order chi connectivity index (χ0) is 6.81. The maximum atomic E-state index is 4.23. The van der Waals surface area contributed by atoms with Crippen molar-refractivity contribution in [2.75, 3.05) is 0 Å². The molecule has 51 valence electrons. The molecule has 0 saturated heterocycles. The Hall–Kier alpha value is -0.920. The average molecular weight is 133 g/mol. The molecule has 1 aromatic rings. The van der Waals surface area contributed by atoms with Gasteiger partial charge in [0, 0.05) is 18.8 Å². The normalized spacial score (nSPS) is 16.4. The van der Waals surface area contributed by atoms with Crippen molar-refractivity contribution in [2.24, 2.45) is 0 Å². The zero-order valence-corrected chi connectivity index (χ0v) is 5.75. The Morgan fingerprint density at radius 1 is 1.20 bits per heavy atom. The van der Waals surface area contributed by atoms with E-state index in [1.54, 1.807) is 12.4 Å². The number of fused-ring (bicyclic) bond motifs is 1. The Bertz CT molecular complexity index is 207. The summed E-state index contributed by atoms with van der Waals surface area (Å²) in [6.45, 7) is 0. The summed E-state index contributed by atoms with van der Waals surface area (Å²) in [6, 6.07) is 0. The van der Waals surface area contributed by atoms with E-state index in [9.17, 15) is 0 Å². The van der Waals surface area contributed by atoms with Crippen LogP contribution in [0.5, 0.6) is 0 Å². The highest BCUT2D eigenvalue weighted by Crippen LogP contribution is 2.17. The summed E-state index contributed by atoms with van der Waals surface area (Å²) in [5.74, 6) is 0. The van der Waals surface area contributed by atoms with E-state index in [1.165, 1.54) is 6.42 Å². The van der Waals surface area contributed by atoms with E-state index < -0.39 is 0 Å². The monoisotopic (exact) mass is 133 g/mol. The fraction of sp³-hybridized carbons (Fsp3) is 0.375. The number of nitrogens with zero attached hydrogens (tertiary/aromatic N) is 2. The minimum atomic E-state index is 1.09. The highest BCUT2D eigenvalue weighted by Gasteiger charge is 2.09. The molecule has 0 amide bonds. The molecule has 2 heteroatoms. The maximum Gasteiger partial charge on any atom is 0.0656 e. The second-order valence-electron chi connectivity index (χ2n) is 2.48. The van der Waals surface area contributed by atoms with Crippen molar-refractivity contribution >= 4 is 0 Å². The molecule has 1 aliphatic rings. The fourth-order valence-corrected chi connectivity index (χ4v) is 1.25. The first-order valence-corrected chi connectivity index (χ1v) is 3.60. The van der Waals surface area contributed by atoms with E-state index in [4.69, 9.17) is 0 Å². The van der Waals surface area contributed by atoms with E-state index in [0.29, 0.717) is 0 Å². The molecule has 2 rings (SSSR count). The molecule has 1 heterocycles. The van der Waals surface area contributed by atoms with Gasteiger partial charge >= 0.3 is 0 Å². The Morgan fingerprint density at radius 3 is 3.00 bits per heavy atom. The number of hydrogen-bond acceptors (Lipinski definition) is 2. The van der Waals surface area contributed by atoms with Crippen LogP contribution in [0.2, 0.25) is 0 Å². The lowest BCUT2D eigenvalue weighted by atomic mass is 10.0. The van der Waals surface area contributed by atoms with Crippen LogP contribution in [0.25, 0.3) is 0 Å². The molecule has 0 bridgehead atoms. The van der Waals surface area contributed by atoms with Crippen LogP contribution in [-0.2, 0) is 6.42 Å². The summed E-state index contributed by atoms with van der Waals surface area (Å²) >= 11 is 0. The lowest BCUT2D eigenvalue weighted by Crippen LogP contribution is -2.04. The van der Waals surface area contributed by atoms with Gasteiger partial charge in [0.1, 0.15) is 0 Å². The second-order valence-corrected chi connectivity index (χ2v) is 2.48. The van der Waals surface area contributed by atoms with Crippen LogP contribution in [0.3, 0.4) is 0 Å². The van der Waals surface area contributed by atoms with E-state index in [2.05, 4.69) is 16.4 Å². The Kier molecular flexibility index (Phi) is 1.38. The van der Waals surface area contributed by atoms with Crippen LogP contribution in [0.4, 0.5) is 0 Å². The molecule has 0 atom stereocenters. The smallest absolute Gasteiger partial charge is 0.0656 e. The molecule has 0 aromatic carbocycles. The van der Waals surface area contributed by atoms with Crippen molar-refractivity contribution in [1.29, 1.82) is 0 Å². The third-order valence-corrected chi connectivity index (χ3v) is 1.76. The van der Waals surface area contributed by atoms with Gasteiger partial charge in [-0.3, -0.25) is 9.97 Å². The topological polar surface area (TPSA) is 25.8 Å². The summed E-state index contributed by atoms with van der Waals surface area (Å²) < 4.78 is 0. The summed E-state index contributed by atoms with van der Waals surface area (Å²) in [7, 11) is 0. The van der Waals surface area contributed by atoms with Gasteiger partial charge in [0.25, 0.3) is 0 Å². The zero-order valence-electron chi connectivity index (χ0n) is 5.75. The van der Waals surface area contributed by atoms with Gasteiger partial charge in [0.2, 0.25) is 0 Å². The molecule has 10 heavy (non-hydrogen) atoms. The SMILES string of the molecule is [CH]1CCCc2nccnc21. The summed E-state index contributed by atoms with van der Waals surface area (Å²) in [5.41, 5.74) is 2.25. The molecule has 1 aliphatic carbocycles. The average Bonchev–Trinajstić information content (AvgIpc) is 2.05. The van der Waals surface area contributed by atoms with Crippen LogP contribution in [-0.4, -0.2) is 9.97 Å². The van der Waals surface area contributed by atoms with Crippen LogP contribution in [0.1, 0.15) is 24.2 Å². The molecule has 0 N–H and O–H groups in total. The fourth-order valence-electron chi connectivity index (χ4n) is 1.25. The minimum Gasteiger partial charge on any atom is -0.258 e.